The minimum atomic E-state index is -0.445. The Bertz CT molecular complexity index is 596. The summed E-state index contributed by atoms with van der Waals surface area (Å²) in [6.45, 7) is 8.69. The van der Waals surface area contributed by atoms with Gasteiger partial charge in [-0.3, -0.25) is 0 Å². The lowest BCUT2D eigenvalue weighted by Gasteiger charge is -2.45. The highest BCUT2D eigenvalue weighted by molar-refractivity contribution is 5.89. The first-order chi connectivity index (χ1) is 8.97. The number of aryl methyl sites for hydroxylation is 1. The molecule has 100 valence electrons. The molecule has 0 spiro atoms. The zero-order valence-corrected chi connectivity index (χ0v) is 11.8. The van der Waals surface area contributed by atoms with E-state index in [-0.39, 0.29) is 12.0 Å². The lowest BCUT2D eigenvalue weighted by Crippen LogP contribution is -2.50. The summed E-state index contributed by atoms with van der Waals surface area (Å²) >= 11 is 0. The number of anilines is 1. The molecule has 3 aliphatic heterocycles. The average Bonchev–Trinajstić information content (AvgIpc) is 2.67. The maximum atomic E-state index is 12.2. The zero-order valence-electron chi connectivity index (χ0n) is 11.8. The first-order valence-corrected chi connectivity index (χ1v) is 7.08. The highest BCUT2D eigenvalue weighted by Crippen LogP contribution is 2.61. The van der Waals surface area contributed by atoms with Gasteiger partial charge in [0.1, 0.15) is 6.04 Å². The smallest absolute Gasteiger partial charge is 0.331 e. The van der Waals surface area contributed by atoms with E-state index >= 15 is 0 Å². The molecule has 0 radical (unpaired) electrons. The molecule has 3 nitrogen and oxygen atoms in total. The van der Waals surface area contributed by atoms with Gasteiger partial charge in [0.05, 0.1) is 0 Å². The topological polar surface area (TPSA) is 29.5 Å². The molecular weight excluding hydrogens is 238 g/mol. The predicted octanol–water partition coefficient (Wildman–Crippen LogP) is 2.83. The predicted molar refractivity (Wildman–Crippen MR) is 73.0 cm³/mol. The van der Waals surface area contributed by atoms with Crippen molar-refractivity contribution >= 4 is 11.7 Å². The van der Waals surface area contributed by atoms with Crippen LogP contribution >= 0.6 is 0 Å². The highest BCUT2D eigenvalue weighted by Gasteiger charge is 2.69. The fraction of sp³-hybridized carbons (Fsp3) is 0.562. The van der Waals surface area contributed by atoms with Crippen molar-refractivity contribution in [3.63, 3.8) is 0 Å². The lowest BCUT2D eigenvalue weighted by molar-refractivity contribution is -0.161. The Morgan fingerprint density at radius 3 is 2.79 bits per heavy atom. The normalized spacial score (nSPS) is 42.3. The molecular formula is C16H19NO2. The number of fused-ring (bicyclic) bond motifs is 1. The Morgan fingerprint density at radius 1 is 1.32 bits per heavy atom. The summed E-state index contributed by atoms with van der Waals surface area (Å²) in [4.78, 5) is 14.4. The quantitative estimate of drug-likeness (QED) is 0.669. The van der Waals surface area contributed by atoms with Crippen molar-refractivity contribution in [3.05, 3.63) is 29.3 Å². The van der Waals surface area contributed by atoms with Crippen molar-refractivity contribution in [1.29, 1.82) is 0 Å². The van der Waals surface area contributed by atoms with Crippen LogP contribution in [0.2, 0.25) is 0 Å². The molecule has 3 heteroatoms. The van der Waals surface area contributed by atoms with Crippen LogP contribution in [0.4, 0.5) is 5.69 Å². The van der Waals surface area contributed by atoms with Crippen LogP contribution in [0.3, 0.4) is 0 Å². The number of carbonyl (C=O) groups is 1. The molecule has 2 fully saturated rings. The zero-order chi connectivity index (χ0) is 13.5. The summed E-state index contributed by atoms with van der Waals surface area (Å²) < 4.78 is 5.75. The maximum Gasteiger partial charge on any atom is 0.331 e. The monoisotopic (exact) mass is 257 g/mol. The minimum absolute atomic E-state index is 0.0467. The van der Waals surface area contributed by atoms with Gasteiger partial charge in [-0.25, -0.2) is 4.79 Å². The number of hydrogen-bond donors (Lipinski definition) is 0. The van der Waals surface area contributed by atoms with Crippen molar-refractivity contribution in [1.82, 2.24) is 0 Å². The summed E-state index contributed by atoms with van der Waals surface area (Å²) in [6, 6.07) is 6.35. The highest BCUT2D eigenvalue weighted by atomic mass is 16.6. The molecule has 0 aliphatic carbocycles. The number of benzene rings is 1. The largest absolute Gasteiger partial charge is 0.437 e. The second-order valence-corrected chi connectivity index (χ2v) is 6.48. The van der Waals surface area contributed by atoms with Gasteiger partial charge in [0.15, 0.2) is 5.72 Å². The third-order valence-electron chi connectivity index (χ3n) is 5.53. The fourth-order valence-corrected chi connectivity index (χ4v) is 4.91. The van der Waals surface area contributed by atoms with Crippen LogP contribution < -0.4 is 4.90 Å². The fourth-order valence-electron chi connectivity index (χ4n) is 4.91. The van der Waals surface area contributed by atoms with Gasteiger partial charge in [-0.2, -0.15) is 0 Å². The van der Waals surface area contributed by atoms with Crippen molar-refractivity contribution in [3.8, 4) is 0 Å². The van der Waals surface area contributed by atoms with E-state index in [4.69, 9.17) is 4.74 Å². The Kier molecular flexibility index (Phi) is 1.87. The Hall–Kier alpha value is -1.51. The first-order valence-electron chi connectivity index (χ1n) is 7.08. The lowest BCUT2D eigenvalue weighted by atomic mass is 9.72. The summed E-state index contributed by atoms with van der Waals surface area (Å²) in [5.41, 5.74) is 3.40. The van der Waals surface area contributed by atoms with E-state index in [0.29, 0.717) is 17.8 Å². The number of nitrogens with zero attached hydrogens (tertiary/aromatic N) is 1. The minimum Gasteiger partial charge on any atom is -0.437 e. The first kappa shape index (κ1) is 11.3. The van der Waals surface area contributed by atoms with E-state index in [2.05, 4.69) is 50.8 Å². The third kappa shape index (κ3) is 1.05. The van der Waals surface area contributed by atoms with Crippen LogP contribution in [0, 0.1) is 18.8 Å². The molecule has 4 rings (SSSR count). The molecule has 1 aromatic carbocycles. The van der Waals surface area contributed by atoms with Gasteiger partial charge in [0.2, 0.25) is 0 Å². The van der Waals surface area contributed by atoms with Gasteiger partial charge < -0.3 is 9.64 Å². The van der Waals surface area contributed by atoms with Gasteiger partial charge in [-0.15, -0.1) is 0 Å². The SMILES string of the molecule is Cc1cccc2c1N1[C@H]3C(=O)O[C@]1(C)[C@H]([C@@H]3C)[C@H]2C. The molecule has 3 aliphatic rings. The molecule has 0 unspecified atom stereocenters. The second kappa shape index (κ2) is 3.14. The maximum absolute atomic E-state index is 12.2. The van der Waals surface area contributed by atoms with Gasteiger partial charge in [-0.1, -0.05) is 32.0 Å². The van der Waals surface area contributed by atoms with Crippen LogP contribution in [-0.4, -0.2) is 17.7 Å². The second-order valence-electron chi connectivity index (χ2n) is 6.48. The van der Waals surface area contributed by atoms with E-state index in [9.17, 15) is 4.79 Å². The molecule has 1 aromatic rings. The number of ether oxygens (including phenoxy) is 1. The number of para-hydroxylation sites is 1. The Morgan fingerprint density at radius 2 is 2.05 bits per heavy atom. The van der Waals surface area contributed by atoms with Crippen molar-refractivity contribution < 1.29 is 9.53 Å². The van der Waals surface area contributed by atoms with Crippen molar-refractivity contribution in [2.24, 2.45) is 11.8 Å². The number of hydrogen-bond acceptors (Lipinski definition) is 3. The number of rotatable bonds is 0. The van der Waals surface area contributed by atoms with Gasteiger partial charge in [0, 0.05) is 11.6 Å². The van der Waals surface area contributed by atoms with Gasteiger partial charge >= 0.3 is 5.97 Å². The van der Waals surface area contributed by atoms with E-state index in [0.717, 1.165) is 0 Å². The summed E-state index contributed by atoms with van der Waals surface area (Å²) in [7, 11) is 0. The molecule has 2 saturated heterocycles. The summed E-state index contributed by atoms with van der Waals surface area (Å²) in [5, 5.41) is 0. The van der Waals surface area contributed by atoms with E-state index in [1.165, 1.54) is 16.8 Å². The standard InChI is InChI=1S/C16H19NO2/c1-8-6-5-7-11-9(2)12-10(3)14-15(18)19-16(12,4)17(14)13(8)11/h5-7,9-10,12,14H,1-4H3/t9-,10-,12-,14+,16+/m0/s1. The molecule has 0 saturated carbocycles. The number of carbonyl (C=O) groups excluding carboxylic acids is 1. The van der Waals surface area contributed by atoms with E-state index < -0.39 is 5.72 Å². The third-order valence-corrected chi connectivity index (χ3v) is 5.53. The van der Waals surface area contributed by atoms with Crippen molar-refractivity contribution in [2.45, 2.75) is 45.4 Å². The van der Waals surface area contributed by atoms with Crippen molar-refractivity contribution in [2.75, 3.05) is 4.90 Å². The van der Waals surface area contributed by atoms with Crippen LogP contribution in [0.5, 0.6) is 0 Å². The molecule has 5 atom stereocenters. The van der Waals surface area contributed by atoms with E-state index in [1.54, 1.807) is 0 Å². The Labute approximate surface area is 113 Å². The molecule has 0 N–H and O–H groups in total. The molecule has 0 amide bonds. The molecule has 3 heterocycles. The Balaban J connectivity index is 2.04. The molecule has 19 heavy (non-hydrogen) atoms. The average molecular weight is 257 g/mol. The van der Waals surface area contributed by atoms with Crippen LogP contribution in [-0.2, 0) is 9.53 Å². The van der Waals surface area contributed by atoms with Gasteiger partial charge in [-0.05, 0) is 36.8 Å². The van der Waals surface area contributed by atoms with Crippen LogP contribution in [0.25, 0.3) is 0 Å². The summed E-state index contributed by atoms with van der Waals surface area (Å²) in [6.07, 6.45) is 0. The molecule has 0 aromatic heterocycles. The van der Waals surface area contributed by atoms with Crippen LogP contribution in [0.15, 0.2) is 18.2 Å². The van der Waals surface area contributed by atoms with E-state index in [1.807, 2.05) is 0 Å². The summed E-state index contributed by atoms with van der Waals surface area (Å²) in [5.74, 6) is 1.14. The molecule has 4 bridgehead atoms. The number of esters is 1. The van der Waals surface area contributed by atoms with Crippen LogP contribution in [0.1, 0.15) is 37.8 Å². The van der Waals surface area contributed by atoms with Gasteiger partial charge in [0.25, 0.3) is 0 Å².